The SMILES string of the molecule is CC1(C)CC(C)(C)C1NC(=O)C12CCC(C(=O)N3CCN(C4CCN(c5ccc6c(c5)C(=O)N(C5CCC(=O)NC5=O)C6=O)CC4)CC3)(CC1)CC2. The third kappa shape index (κ3) is 5.65. The molecule has 4 saturated carbocycles. The van der Waals surface area contributed by atoms with Crippen molar-refractivity contribution in [3.63, 3.8) is 0 Å². The average molecular weight is 715 g/mol. The van der Waals surface area contributed by atoms with Crippen molar-refractivity contribution in [2.24, 2.45) is 21.7 Å². The Morgan fingerprint density at radius 2 is 1.35 bits per heavy atom. The number of piperazine rings is 1. The molecule has 1 aromatic rings. The minimum Gasteiger partial charge on any atom is -0.371 e. The molecule has 2 N–H and O–H groups in total. The van der Waals surface area contributed by atoms with Gasteiger partial charge in [-0.1, -0.05) is 27.7 Å². The zero-order chi connectivity index (χ0) is 36.8. The topological polar surface area (TPSA) is 139 Å². The molecule has 4 aliphatic heterocycles. The Balaban J connectivity index is 0.818. The second-order valence-corrected chi connectivity index (χ2v) is 18.3. The zero-order valence-electron chi connectivity index (χ0n) is 31.2. The maximum atomic E-state index is 14.1. The summed E-state index contributed by atoms with van der Waals surface area (Å²) < 4.78 is 0. The van der Waals surface area contributed by atoms with E-state index in [4.69, 9.17) is 0 Å². The van der Waals surface area contributed by atoms with Crippen molar-refractivity contribution in [3.05, 3.63) is 29.3 Å². The van der Waals surface area contributed by atoms with E-state index >= 15 is 0 Å². The first-order valence-corrected chi connectivity index (χ1v) is 19.6. The Hall–Kier alpha value is -3.80. The largest absolute Gasteiger partial charge is 0.371 e. The lowest BCUT2D eigenvalue weighted by atomic mass is 9.50. The van der Waals surface area contributed by atoms with Crippen LogP contribution in [0.2, 0.25) is 0 Å². The molecule has 1 atom stereocenters. The molecule has 4 heterocycles. The highest BCUT2D eigenvalue weighted by Gasteiger charge is 2.59. The van der Waals surface area contributed by atoms with Crippen LogP contribution in [0.1, 0.15) is 119 Å². The van der Waals surface area contributed by atoms with Crippen LogP contribution in [-0.4, -0.2) is 108 Å². The van der Waals surface area contributed by atoms with Crippen molar-refractivity contribution in [2.45, 2.75) is 116 Å². The average Bonchev–Trinajstić information content (AvgIpc) is 3.38. The molecule has 280 valence electrons. The maximum Gasteiger partial charge on any atom is 0.262 e. The lowest BCUT2D eigenvalue weighted by molar-refractivity contribution is -0.162. The Morgan fingerprint density at radius 3 is 1.94 bits per heavy atom. The summed E-state index contributed by atoms with van der Waals surface area (Å²) in [6.45, 7) is 13.8. The molecular formula is C40H54N6O6. The van der Waals surface area contributed by atoms with Crippen molar-refractivity contribution in [2.75, 3.05) is 44.2 Å². The van der Waals surface area contributed by atoms with Gasteiger partial charge in [-0.05, 0) is 93.2 Å². The molecule has 8 aliphatic rings. The van der Waals surface area contributed by atoms with Gasteiger partial charge in [0.2, 0.25) is 23.6 Å². The van der Waals surface area contributed by atoms with Gasteiger partial charge in [0.15, 0.2) is 0 Å². The molecule has 2 bridgehead atoms. The number of benzene rings is 1. The molecule has 0 spiro atoms. The first-order chi connectivity index (χ1) is 24.6. The maximum absolute atomic E-state index is 14.1. The summed E-state index contributed by atoms with van der Waals surface area (Å²) >= 11 is 0. The van der Waals surface area contributed by atoms with E-state index in [-0.39, 0.29) is 46.5 Å². The summed E-state index contributed by atoms with van der Waals surface area (Å²) in [5.74, 6) is -1.45. The van der Waals surface area contributed by atoms with Gasteiger partial charge in [0, 0.05) is 74.3 Å². The van der Waals surface area contributed by atoms with Crippen molar-refractivity contribution >= 4 is 41.1 Å². The van der Waals surface area contributed by atoms with E-state index in [9.17, 15) is 28.8 Å². The fraction of sp³-hybridized carbons (Fsp3) is 0.700. The first kappa shape index (κ1) is 35.2. The molecule has 12 nitrogen and oxygen atoms in total. The molecule has 6 amide bonds. The fourth-order valence-corrected chi connectivity index (χ4v) is 11.6. The van der Waals surface area contributed by atoms with E-state index in [1.807, 2.05) is 6.07 Å². The monoisotopic (exact) mass is 714 g/mol. The summed E-state index contributed by atoms with van der Waals surface area (Å²) in [4.78, 5) is 86.2. The lowest BCUT2D eigenvalue weighted by Gasteiger charge is -2.59. The van der Waals surface area contributed by atoms with Crippen molar-refractivity contribution in [1.29, 1.82) is 0 Å². The highest BCUT2D eigenvalue weighted by atomic mass is 16.2. The molecule has 4 aliphatic carbocycles. The standard InChI is InChI=1S/C40H54N6O6/c1-37(2)24-38(3,4)34(37)42-35(51)39-11-14-40(15-12-39,16-13-39)36(52)45-21-19-44(20-22-45)25-9-17-43(18-10-25)26-5-6-27-28(23-26)33(50)46(32(27)49)29-7-8-30(47)41-31(29)48/h5-6,23,25,29,34H,7-22,24H2,1-4H3,(H,42,51)(H,41,47,48). The zero-order valence-corrected chi connectivity index (χ0v) is 31.2. The number of hydrogen-bond acceptors (Lipinski definition) is 8. The number of carbonyl (C=O) groups excluding carboxylic acids is 6. The van der Waals surface area contributed by atoms with Crippen LogP contribution in [0.15, 0.2) is 18.2 Å². The van der Waals surface area contributed by atoms with Gasteiger partial charge in [-0.15, -0.1) is 0 Å². The normalized spacial score (nSPS) is 32.1. The molecule has 7 fully saturated rings. The van der Waals surface area contributed by atoms with E-state index in [0.29, 0.717) is 23.1 Å². The summed E-state index contributed by atoms with van der Waals surface area (Å²) in [7, 11) is 0. The number of carbonyl (C=O) groups is 6. The number of anilines is 1. The minimum absolute atomic E-state index is 0.0933. The van der Waals surface area contributed by atoms with Gasteiger partial charge in [0.1, 0.15) is 6.04 Å². The van der Waals surface area contributed by atoms with Crippen molar-refractivity contribution in [3.8, 4) is 0 Å². The van der Waals surface area contributed by atoms with Crippen LogP contribution in [0.25, 0.3) is 0 Å². The predicted octanol–water partition coefficient (Wildman–Crippen LogP) is 3.48. The number of imide groups is 2. The van der Waals surface area contributed by atoms with Crippen LogP contribution in [0.5, 0.6) is 0 Å². The van der Waals surface area contributed by atoms with Crippen LogP contribution in [0.3, 0.4) is 0 Å². The number of piperidine rings is 2. The predicted molar refractivity (Wildman–Crippen MR) is 193 cm³/mol. The lowest BCUT2D eigenvalue weighted by Crippen LogP contribution is -2.66. The molecule has 0 radical (unpaired) electrons. The molecular weight excluding hydrogens is 660 g/mol. The Labute approximate surface area is 306 Å². The highest BCUT2D eigenvalue weighted by molar-refractivity contribution is 6.23. The van der Waals surface area contributed by atoms with Gasteiger partial charge in [0.25, 0.3) is 11.8 Å². The van der Waals surface area contributed by atoms with Crippen LogP contribution < -0.4 is 15.5 Å². The number of amides is 6. The van der Waals surface area contributed by atoms with Crippen molar-refractivity contribution in [1.82, 2.24) is 25.3 Å². The summed E-state index contributed by atoms with van der Waals surface area (Å²) in [5.41, 5.74) is 1.09. The Morgan fingerprint density at radius 1 is 0.750 bits per heavy atom. The van der Waals surface area contributed by atoms with Gasteiger partial charge in [0.05, 0.1) is 11.1 Å². The van der Waals surface area contributed by atoms with Crippen molar-refractivity contribution < 1.29 is 28.8 Å². The molecule has 12 heteroatoms. The number of hydrogen-bond donors (Lipinski definition) is 2. The minimum atomic E-state index is -0.972. The van der Waals surface area contributed by atoms with Gasteiger partial charge >= 0.3 is 0 Å². The van der Waals surface area contributed by atoms with Gasteiger partial charge in [-0.25, -0.2) is 0 Å². The third-order valence-corrected chi connectivity index (χ3v) is 14.3. The van der Waals surface area contributed by atoms with Crippen LogP contribution in [0, 0.1) is 21.7 Å². The van der Waals surface area contributed by atoms with E-state index in [0.717, 1.165) is 108 Å². The highest BCUT2D eigenvalue weighted by Crippen LogP contribution is 2.59. The number of nitrogens with zero attached hydrogens (tertiary/aromatic N) is 4. The van der Waals surface area contributed by atoms with Gasteiger partial charge < -0.3 is 15.1 Å². The summed E-state index contributed by atoms with van der Waals surface area (Å²) in [6.07, 6.45) is 8.13. The van der Waals surface area contributed by atoms with Crippen LogP contribution in [-0.2, 0) is 19.2 Å². The first-order valence-electron chi connectivity index (χ1n) is 19.6. The Kier molecular flexibility index (Phi) is 8.39. The van der Waals surface area contributed by atoms with E-state index in [1.165, 1.54) is 0 Å². The molecule has 0 aromatic heterocycles. The van der Waals surface area contributed by atoms with Gasteiger partial charge in [-0.3, -0.25) is 43.9 Å². The molecule has 3 saturated heterocycles. The van der Waals surface area contributed by atoms with Crippen LogP contribution in [0.4, 0.5) is 5.69 Å². The molecule has 52 heavy (non-hydrogen) atoms. The Bertz CT molecular complexity index is 1680. The second kappa shape index (κ2) is 12.4. The van der Waals surface area contributed by atoms with E-state index in [1.54, 1.807) is 12.1 Å². The molecule has 9 rings (SSSR count). The quantitative estimate of drug-likeness (QED) is 0.428. The van der Waals surface area contributed by atoms with Crippen LogP contribution >= 0.6 is 0 Å². The second-order valence-electron chi connectivity index (χ2n) is 18.3. The number of fused-ring (bicyclic) bond motifs is 4. The number of nitrogens with one attached hydrogen (secondary N) is 2. The summed E-state index contributed by atoms with van der Waals surface area (Å²) in [6, 6.07) is 4.97. The fourth-order valence-electron chi connectivity index (χ4n) is 11.6. The summed E-state index contributed by atoms with van der Waals surface area (Å²) in [5, 5.41) is 5.72. The third-order valence-electron chi connectivity index (χ3n) is 14.3. The van der Waals surface area contributed by atoms with Gasteiger partial charge in [-0.2, -0.15) is 0 Å². The molecule has 1 unspecified atom stereocenters. The van der Waals surface area contributed by atoms with E-state index < -0.39 is 29.7 Å². The smallest absolute Gasteiger partial charge is 0.262 e. The molecule has 1 aromatic carbocycles. The number of rotatable bonds is 6. The van der Waals surface area contributed by atoms with E-state index in [2.05, 4.69) is 53.0 Å².